The molecule has 1 aromatic rings. The molecule has 0 unspecified atom stereocenters. The third-order valence-electron chi connectivity index (χ3n) is 5.37. The van der Waals surface area contributed by atoms with E-state index in [0.717, 1.165) is 25.5 Å². The molecule has 2 aliphatic rings. The molecule has 1 saturated heterocycles. The molecule has 1 aliphatic heterocycles. The van der Waals surface area contributed by atoms with E-state index in [1.54, 1.807) is 0 Å². The Morgan fingerprint density at radius 2 is 1.93 bits per heavy atom. The first-order valence-corrected chi connectivity index (χ1v) is 11.0. The molecule has 0 spiro atoms. The average Bonchev–Trinajstić information content (AvgIpc) is 2.62. The highest BCUT2D eigenvalue weighted by Gasteiger charge is 2.50. The molecule has 0 bridgehead atoms. The Bertz CT molecular complexity index is 753. The molecule has 7 nitrogen and oxygen atoms in total. The molecule has 8 heteroatoms. The number of carbonyl (C=O) groups is 1. The zero-order valence-corrected chi connectivity index (χ0v) is 16.6. The monoisotopic (exact) mass is 397 g/mol. The summed E-state index contributed by atoms with van der Waals surface area (Å²) in [5.74, 6) is -0.165. The van der Waals surface area contributed by atoms with Gasteiger partial charge in [0, 0.05) is 20.0 Å². The lowest BCUT2D eigenvalue weighted by molar-refractivity contribution is -0.245. The smallest absolute Gasteiger partial charge is 0.264 e. The van der Waals surface area contributed by atoms with Crippen molar-refractivity contribution in [2.24, 2.45) is 5.92 Å². The fourth-order valence-electron chi connectivity index (χ4n) is 4.32. The highest BCUT2D eigenvalue weighted by molar-refractivity contribution is 7.86. The minimum absolute atomic E-state index is 0.165. The van der Waals surface area contributed by atoms with Crippen molar-refractivity contribution in [3.63, 3.8) is 0 Å². The number of fused-ring (bicyclic) bond motifs is 1. The van der Waals surface area contributed by atoms with Gasteiger partial charge in [0.2, 0.25) is 5.91 Å². The van der Waals surface area contributed by atoms with Crippen molar-refractivity contribution in [1.82, 2.24) is 5.32 Å². The summed E-state index contributed by atoms with van der Waals surface area (Å²) >= 11 is 0. The molecule has 3 rings (SSSR count). The van der Waals surface area contributed by atoms with Crippen LogP contribution in [-0.2, 0) is 28.6 Å². The fraction of sp³-hybridized carbons (Fsp3) is 0.632. The second-order valence-corrected chi connectivity index (χ2v) is 8.96. The van der Waals surface area contributed by atoms with Crippen LogP contribution >= 0.6 is 0 Å². The van der Waals surface area contributed by atoms with Gasteiger partial charge in [0.05, 0.1) is 12.4 Å². The third kappa shape index (κ3) is 4.87. The highest BCUT2D eigenvalue weighted by atomic mass is 32.2. The minimum Gasteiger partial charge on any atom is -0.354 e. The molecular weight excluding hydrogens is 370 g/mol. The van der Waals surface area contributed by atoms with E-state index in [9.17, 15) is 13.2 Å². The molecule has 1 heterocycles. The number of hydrogen-bond donors (Lipinski definition) is 1. The predicted molar refractivity (Wildman–Crippen MR) is 99.5 cm³/mol. The SMILES string of the molecule is CO[C@H]1O[C@H]2CC[C@@H](c3ccccc3)C[C@H]2[C@H](OS(C)(=O)=O)[C@@H]1NC(C)=O. The topological polar surface area (TPSA) is 90.9 Å². The van der Waals surface area contributed by atoms with Crippen molar-refractivity contribution in [2.75, 3.05) is 13.4 Å². The molecule has 27 heavy (non-hydrogen) atoms. The van der Waals surface area contributed by atoms with E-state index in [-0.39, 0.29) is 17.9 Å². The maximum absolute atomic E-state index is 11.9. The van der Waals surface area contributed by atoms with Crippen LogP contribution in [0.1, 0.15) is 37.7 Å². The van der Waals surface area contributed by atoms with Crippen LogP contribution in [0, 0.1) is 5.92 Å². The molecule has 1 aromatic carbocycles. The molecule has 1 saturated carbocycles. The molecule has 0 aromatic heterocycles. The molecular formula is C19H27NO6S. The van der Waals surface area contributed by atoms with E-state index in [2.05, 4.69) is 17.4 Å². The summed E-state index contributed by atoms with van der Waals surface area (Å²) in [5, 5.41) is 2.76. The van der Waals surface area contributed by atoms with Gasteiger partial charge in [-0.2, -0.15) is 8.42 Å². The van der Waals surface area contributed by atoms with Crippen molar-refractivity contribution in [3.05, 3.63) is 35.9 Å². The van der Waals surface area contributed by atoms with Crippen LogP contribution in [0.25, 0.3) is 0 Å². The van der Waals surface area contributed by atoms with E-state index in [1.807, 2.05) is 18.2 Å². The summed E-state index contributed by atoms with van der Waals surface area (Å²) in [4.78, 5) is 11.7. The zero-order chi connectivity index (χ0) is 19.6. The van der Waals surface area contributed by atoms with Gasteiger partial charge < -0.3 is 14.8 Å². The van der Waals surface area contributed by atoms with Gasteiger partial charge in [-0.05, 0) is 30.7 Å². The van der Waals surface area contributed by atoms with E-state index in [4.69, 9.17) is 13.7 Å². The lowest BCUT2D eigenvalue weighted by atomic mass is 9.71. The van der Waals surface area contributed by atoms with Gasteiger partial charge in [0.25, 0.3) is 10.1 Å². The number of methoxy groups -OCH3 is 1. The Hall–Kier alpha value is -1.48. The average molecular weight is 397 g/mol. The van der Waals surface area contributed by atoms with Crippen LogP contribution in [-0.4, -0.2) is 52.2 Å². The highest BCUT2D eigenvalue weighted by Crippen LogP contribution is 2.44. The van der Waals surface area contributed by atoms with Crippen molar-refractivity contribution in [1.29, 1.82) is 0 Å². The normalized spacial score (nSPS) is 33.9. The van der Waals surface area contributed by atoms with Gasteiger partial charge in [0.15, 0.2) is 6.29 Å². The van der Waals surface area contributed by atoms with Crippen LogP contribution in [0.3, 0.4) is 0 Å². The van der Waals surface area contributed by atoms with Crippen molar-refractivity contribution < 1.29 is 26.9 Å². The van der Waals surface area contributed by atoms with Crippen molar-refractivity contribution in [3.8, 4) is 0 Å². The standard InChI is InChI=1S/C19H27NO6S/c1-12(21)20-17-18(26-27(3,22)23)15-11-14(13-7-5-4-6-8-13)9-10-16(15)25-19(17)24-2/h4-8,14-19H,9-11H2,1-3H3,(H,20,21)/t14-,15-,16+,17+,18+,19+/m1/s1. The maximum atomic E-state index is 11.9. The summed E-state index contributed by atoms with van der Waals surface area (Å²) < 4.78 is 40.8. The lowest BCUT2D eigenvalue weighted by Crippen LogP contribution is -2.63. The second kappa shape index (κ2) is 8.26. The first-order valence-electron chi connectivity index (χ1n) is 9.17. The number of rotatable bonds is 5. The number of benzene rings is 1. The van der Waals surface area contributed by atoms with Gasteiger partial charge in [-0.15, -0.1) is 0 Å². The largest absolute Gasteiger partial charge is 0.354 e. The molecule has 1 aliphatic carbocycles. The maximum Gasteiger partial charge on any atom is 0.264 e. The van der Waals surface area contributed by atoms with Gasteiger partial charge in [-0.3, -0.25) is 8.98 Å². The fourth-order valence-corrected chi connectivity index (χ4v) is 4.98. The van der Waals surface area contributed by atoms with Gasteiger partial charge in [0.1, 0.15) is 12.1 Å². The van der Waals surface area contributed by atoms with Crippen LogP contribution in [0.4, 0.5) is 0 Å². The number of ether oxygens (including phenoxy) is 2. The van der Waals surface area contributed by atoms with Crippen LogP contribution in [0.2, 0.25) is 0 Å². The molecule has 0 radical (unpaired) electrons. The Labute approximate surface area is 160 Å². The van der Waals surface area contributed by atoms with Crippen LogP contribution in [0.5, 0.6) is 0 Å². The molecule has 1 amide bonds. The quantitative estimate of drug-likeness (QED) is 0.762. The second-order valence-electron chi connectivity index (χ2n) is 7.35. The van der Waals surface area contributed by atoms with Crippen molar-refractivity contribution in [2.45, 2.75) is 56.6 Å². The Morgan fingerprint density at radius 3 is 2.52 bits per heavy atom. The van der Waals surface area contributed by atoms with E-state index in [0.29, 0.717) is 5.92 Å². The van der Waals surface area contributed by atoms with Crippen LogP contribution in [0.15, 0.2) is 30.3 Å². The predicted octanol–water partition coefficient (Wildman–Crippen LogP) is 1.79. The number of hydrogen-bond acceptors (Lipinski definition) is 6. The Balaban J connectivity index is 1.90. The summed E-state index contributed by atoms with van der Waals surface area (Å²) in [6, 6.07) is 9.46. The summed E-state index contributed by atoms with van der Waals surface area (Å²) in [5.41, 5.74) is 1.22. The minimum atomic E-state index is -3.72. The number of amides is 1. The molecule has 150 valence electrons. The number of nitrogens with one attached hydrogen (secondary N) is 1. The van der Waals surface area contributed by atoms with Gasteiger partial charge in [-0.1, -0.05) is 30.3 Å². The van der Waals surface area contributed by atoms with Gasteiger partial charge in [-0.25, -0.2) is 0 Å². The first kappa shape index (κ1) is 20.3. The third-order valence-corrected chi connectivity index (χ3v) is 5.94. The van der Waals surface area contributed by atoms with Gasteiger partial charge >= 0.3 is 0 Å². The Kier molecular flexibility index (Phi) is 6.20. The molecule has 1 N–H and O–H groups in total. The number of carbonyl (C=O) groups excluding carboxylic acids is 1. The summed E-state index contributed by atoms with van der Waals surface area (Å²) in [6.45, 7) is 1.38. The zero-order valence-electron chi connectivity index (χ0n) is 15.8. The first-order chi connectivity index (χ1) is 12.8. The summed E-state index contributed by atoms with van der Waals surface area (Å²) in [7, 11) is -2.24. The Morgan fingerprint density at radius 1 is 1.22 bits per heavy atom. The van der Waals surface area contributed by atoms with Crippen molar-refractivity contribution >= 4 is 16.0 Å². The summed E-state index contributed by atoms with van der Waals surface area (Å²) in [6.07, 6.45) is 1.81. The van der Waals surface area contributed by atoms with E-state index in [1.165, 1.54) is 19.6 Å². The lowest BCUT2D eigenvalue weighted by Gasteiger charge is -2.49. The van der Waals surface area contributed by atoms with Crippen LogP contribution < -0.4 is 5.32 Å². The molecule has 6 atom stereocenters. The van der Waals surface area contributed by atoms with E-state index >= 15 is 0 Å². The van der Waals surface area contributed by atoms with E-state index < -0.39 is 28.6 Å². The molecule has 2 fully saturated rings.